The maximum absolute atomic E-state index is 11.3. The molecule has 0 spiro atoms. The van der Waals surface area contributed by atoms with Gasteiger partial charge in [0.15, 0.2) is 0 Å². The van der Waals surface area contributed by atoms with Crippen LogP contribution in [0.15, 0.2) is 36.0 Å². The average molecular weight is 324 g/mol. The summed E-state index contributed by atoms with van der Waals surface area (Å²) in [6.45, 7) is 2.14. The molecular formula is C17H16N4O3. The van der Waals surface area contributed by atoms with Crippen molar-refractivity contribution in [1.29, 1.82) is 5.26 Å². The minimum absolute atomic E-state index is 0.0842. The number of hydrogen-bond acceptors (Lipinski definition) is 4. The van der Waals surface area contributed by atoms with Gasteiger partial charge in [0.2, 0.25) is 0 Å². The number of carbonyl (C=O) groups is 2. The monoisotopic (exact) mass is 324 g/mol. The Kier molecular flexibility index (Phi) is 5.12. The van der Waals surface area contributed by atoms with Crippen LogP contribution in [0.2, 0.25) is 0 Å². The van der Waals surface area contributed by atoms with Crippen molar-refractivity contribution >= 4 is 18.0 Å². The first-order valence-electron chi connectivity index (χ1n) is 7.18. The molecule has 0 fully saturated rings. The minimum atomic E-state index is -0.936. The van der Waals surface area contributed by atoms with Gasteiger partial charge in [-0.25, -0.2) is 0 Å². The quantitative estimate of drug-likeness (QED) is 0.619. The van der Waals surface area contributed by atoms with Gasteiger partial charge in [-0.2, -0.15) is 10.4 Å². The standard InChI is InChI=1S/C17H16N4O3/c1-11-2-4-12(5-3-11)16-14(8-13(9-18)17(19)24)10-21(20-16)7-6-15(22)23/h2-5,8,10H,6-7H2,1H3,(H2,19,24)(H,22,23). The summed E-state index contributed by atoms with van der Waals surface area (Å²) >= 11 is 0. The van der Waals surface area contributed by atoms with Crippen molar-refractivity contribution in [3.63, 3.8) is 0 Å². The van der Waals surface area contributed by atoms with Crippen molar-refractivity contribution in [3.05, 3.63) is 47.2 Å². The Morgan fingerprint density at radius 2 is 2.04 bits per heavy atom. The molecule has 0 unspecified atom stereocenters. The van der Waals surface area contributed by atoms with E-state index in [0.717, 1.165) is 11.1 Å². The molecule has 3 N–H and O–H groups in total. The fourth-order valence-electron chi connectivity index (χ4n) is 2.12. The van der Waals surface area contributed by atoms with Gasteiger partial charge in [0, 0.05) is 17.3 Å². The summed E-state index contributed by atoms with van der Waals surface area (Å²) in [6, 6.07) is 9.32. The molecule has 0 atom stereocenters. The van der Waals surface area contributed by atoms with Crippen LogP contribution in [0.5, 0.6) is 0 Å². The van der Waals surface area contributed by atoms with Crippen LogP contribution in [0.1, 0.15) is 17.5 Å². The predicted molar refractivity (Wildman–Crippen MR) is 87.4 cm³/mol. The average Bonchev–Trinajstić information content (AvgIpc) is 2.94. The van der Waals surface area contributed by atoms with E-state index in [1.807, 2.05) is 31.2 Å². The van der Waals surface area contributed by atoms with Crippen molar-refractivity contribution in [3.8, 4) is 17.3 Å². The highest BCUT2D eigenvalue weighted by Gasteiger charge is 2.13. The van der Waals surface area contributed by atoms with Gasteiger partial charge in [-0.1, -0.05) is 29.8 Å². The molecule has 1 aromatic carbocycles. The molecule has 1 aromatic heterocycles. The number of aliphatic carboxylic acids is 1. The Morgan fingerprint density at radius 3 is 2.58 bits per heavy atom. The fraction of sp³-hybridized carbons (Fsp3) is 0.176. The molecule has 0 saturated heterocycles. The Bertz CT molecular complexity index is 842. The number of primary amides is 1. The van der Waals surface area contributed by atoms with Crippen LogP contribution in [0.3, 0.4) is 0 Å². The highest BCUT2D eigenvalue weighted by molar-refractivity contribution is 6.01. The zero-order chi connectivity index (χ0) is 17.7. The number of amides is 1. The molecule has 24 heavy (non-hydrogen) atoms. The van der Waals surface area contributed by atoms with Gasteiger partial charge in [0.05, 0.1) is 18.7 Å². The number of carboxylic acids is 1. The Morgan fingerprint density at radius 1 is 1.38 bits per heavy atom. The van der Waals surface area contributed by atoms with E-state index in [4.69, 9.17) is 16.1 Å². The molecule has 122 valence electrons. The molecule has 0 radical (unpaired) electrons. The van der Waals surface area contributed by atoms with E-state index < -0.39 is 11.9 Å². The van der Waals surface area contributed by atoms with E-state index in [0.29, 0.717) is 11.3 Å². The van der Waals surface area contributed by atoms with Gasteiger partial charge in [-0.05, 0) is 13.0 Å². The lowest BCUT2D eigenvalue weighted by atomic mass is 10.0. The summed E-state index contributed by atoms with van der Waals surface area (Å²) in [5.74, 6) is -1.76. The van der Waals surface area contributed by atoms with Crippen LogP contribution in [0.25, 0.3) is 17.3 Å². The normalized spacial score (nSPS) is 11.1. The molecular weight excluding hydrogens is 308 g/mol. The molecule has 0 aliphatic carbocycles. The van der Waals surface area contributed by atoms with E-state index in [1.165, 1.54) is 10.8 Å². The molecule has 1 heterocycles. The van der Waals surface area contributed by atoms with Crippen LogP contribution >= 0.6 is 0 Å². The number of benzene rings is 1. The molecule has 0 saturated carbocycles. The molecule has 7 heteroatoms. The molecule has 0 aliphatic heterocycles. The number of nitrogens with zero attached hydrogens (tertiary/aromatic N) is 3. The number of nitriles is 1. The molecule has 0 bridgehead atoms. The van der Waals surface area contributed by atoms with Crippen LogP contribution in [-0.2, 0) is 16.1 Å². The third-order valence-corrected chi connectivity index (χ3v) is 3.36. The van der Waals surface area contributed by atoms with Crippen molar-refractivity contribution in [2.24, 2.45) is 5.73 Å². The topological polar surface area (TPSA) is 122 Å². The number of rotatable bonds is 6. The summed E-state index contributed by atoms with van der Waals surface area (Å²) in [6.07, 6.45) is 2.87. The number of carboxylic acid groups (broad SMARTS) is 1. The minimum Gasteiger partial charge on any atom is -0.481 e. The Hall–Kier alpha value is -3.40. The maximum Gasteiger partial charge on any atom is 0.305 e. The van der Waals surface area contributed by atoms with E-state index >= 15 is 0 Å². The summed E-state index contributed by atoms with van der Waals surface area (Å²) in [4.78, 5) is 22.0. The Labute approximate surface area is 138 Å². The summed E-state index contributed by atoms with van der Waals surface area (Å²) in [5, 5.41) is 22.2. The number of carbonyl (C=O) groups excluding carboxylic acids is 1. The predicted octanol–water partition coefficient (Wildman–Crippen LogP) is 1.73. The second-order valence-corrected chi connectivity index (χ2v) is 5.24. The zero-order valence-electron chi connectivity index (χ0n) is 13.1. The smallest absolute Gasteiger partial charge is 0.305 e. The van der Waals surface area contributed by atoms with Crippen LogP contribution in [0.4, 0.5) is 0 Å². The van der Waals surface area contributed by atoms with Crippen LogP contribution in [0, 0.1) is 18.3 Å². The maximum atomic E-state index is 11.3. The lowest BCUT2D eigenvalue weighted by Gasteiger charge is -2.00. The molecule has 2 rings (SSSR count). The van der Waals surface area contributed by atoms with Gasteiger partial charge in [-0.15, -0.1) is 0 Å². The Balaban J connectivity index is 2.50. The van der Waals surface area contributed by atoms with Crippen LogP contribution in [-0.4, -0.2) is 26.8 Å². The second-order valence-electron chi connectivity index (χ2n) is 5.24. The number of aromatic nitrogens is 2. The van der Waals surface area contributed by atoms with Gasteiger partial charge in [-0.3, -0.25) is 14.3 Å². The summed E-state index contributed by atoms with van der Waals surface area (Å²) in [7, 11) is 0. The number of hydrogen-bond donors (Lipinski definition) is 2. The lowest BCUT2D eigenvalue weighted by molar-refractivity contribution is -0.137. The van der Waals surface area contributed by atoms with Crippen LogP contribution < -0.4 is 5.73 Å². The van der Waals surface area contributed by atoms with Gasteiger partial charge < -0.3 is 10.8 Å². The van der Waals surface area contributed by atoms with Crippen molar-refractivity contribution < 1.29 is 14.7 Å². The van der Waals surface area contributed by atoms with Crippen molar-refractivity contribution in [1.82, 2.24) is 9.78 Å². The lowest BCUT2D eigenvalue weighted by Crippen LogP contribution is -2.12. The summed E-state index contributed by atoms with van der Waals surface area (Å²) < 4.78 is 1.48. The second kappa shape index (κ2) is 7.24. The molecule has 7 nitrogen and oxygen atoms in total. The van der Waals surface area contributed by atoms with E-state index in [-0.39, 0.29) is 18.5 Å². The molecule has 0 aliphatic rings. The molecule has 2 aromatic rings. The first-order chi connectivity index (χ1) is 11.4. The zero-order valence-corrected chi connectivity index (χ0v) is 13.1. The third kappa shape index (κ3) is 4.08. The number of nitrogens with two attached hydrogens (primary N) is 1. The highest BCUT2D eigenvalue weighted by Crippen LogP contribution is 2.24. The van der Waals surface area contributed by atoms with Gasteiger partial charge in [0.25, 0.3) is 5.91 Å². The van der Waals surface area contributed by atoms with E-state index in [2.05, 4.69) is 5.10 Å². The van der Waals surface area contributed by atoms with Gasteiger partial charge in [0.1, 0.15) is 11.6 Å². The van der Waals surface area contributed by atoms with E-state index in [9.17, 15) is 9.59 Å². The first kappa shape index (κ1) is 17.0. The first-order valence-corrected chi connectivity index (χ1v) is 7.18. The summed E-state index contributed by atoms with van der Waals surface area (Å²) in [5.41, 5.74) is 7.93. The van der Waals surface area contributed by atoms with Crippen molar-refractivity contribution in [2.75, 3.05) is 0 Å². The number of aryl methyl sites for hydroxylation is 2. The largest absolute Gasteiger partial charge is 0.481 e. The van der Waals surface area contributed by atoms with Gasteiger partial charge >= 0.3 is 5.97 Å². The van der Waals surface area contributed by atoms with E-state index in [1.54, 1.807) is 12.3 Å². The third-order valence-electron chi connectivity index (χ3n) is 3.36. The SMILES string of the molecule is Cc1ccc(-c2nn(CCC(=O)O)cc2C=C(C#N)C(N)=O)cc1. The fourth-order valence-corrected chi connectivity index (χ4v) is 2.12. The molecule has 1 amide bonds. The van der Waals surface area contributed by atoms with Crippen molar-refractivity contribution in [2.45, 2.75) is 19.9 Å². The highest BCUT2D eigenvalue weighted by atomic mass is 16.4.